The summed E-state index contributed by atoms with van der Waals surface area (Å²) in [5, 5.41) is 0. The summed E-state index contributed by atoms with van der Waals surface area (Å²) in [6, 6.07) is 17.2. The number of thioether (sulfide) groups is 1. The molecule has 2 aliphatic heterocycles. The van der Waals surface area contributed by atoms with Crippen molar-refractivity contribution in [2.45, 2.75) is 30.3 Å². The summed E-state index contributed by atoms with van der Waals surface area (Å²) in [6.07, 6.45) is 4.23. The normalized spacial score (nSPS) is 20.5. The fourth-order valence-electron chi connectivity index (χ4n) is 4.05. The van der Waals surface area contributed by atoms with Gasteiger partial charge in [-0.2, -0.15) is 0 Å². The molecule has 2 aromatic carbocycles. The number of carbonyl (C=O) groups excluding carboxylic acids is 1. The lowest BCUT2D eigenvalue weighted by Gasteiger charge is -2.33. The summed E-state index contributed by atoms with van der Waals surface area (Å²) in [6.45, 7) is 3.84. The first kappa shape index (κ1) is 16.7. The molecule has 4 rings (SSSR count). The molecule has 130 valence electrons. The average Bonchev–Trinajstić information content (AvgIpc) is 3.17. The number of likely N-dealkylation sites (tertiary alicyclic amines) is 1. The van der Waals surface area contributed by atoms with Crippen LogP contribution < -0.4 is 0 Å². The molecule has 2 aliphatic rings. The number of benzene rings is 2. The van der Waals surface area contributed by atoms with Crippen molar-refractivity contribution in [1.29, 1.82) is 0 Å². The molecule has 0 N–H and O–H groups in total. The van der Waals surface area contributed by atoms with Crippen LogP contribution in [0.15, 0.2) is 53.4 Å². The summed E-state index contributed by atoms with van der Waals surface area (Å²) < 4.78 is 0. The van der Waals surface area contributed by atoms with Crippen LogP contribution in [0, 0.1) is 0 Å². The van der Waals surface area contributed by atoms with Crippen molar-refractivity contribution < 1.29 is 4.79 Å². The Morgan fingerprint density at radius 3 is 2.64 bits per heavy atom. The molecule has 0 radical (unpaired) electrons. The summed E-state index contributed by atoms with van der Waals surface area (Å²) >= 11 is 1.65. The molecule has 0 aromatic heterocycles. The highest BCUT2D eigenvalue weighted by molar-refractivity contribution is 7.98. The highest BCUT2D eigenvalue weighted by Crippen LogP contribution is 2.27. The van der Waals surface area contributed by atoms with Crippen molar-refractivity contribution in [3.8, 4) is 0 Å². The van der Waals surface area contributed by atoms with Gasteiger partial charge in [0, 0.05) is 37.1 Å². The van der Waals surface area contributed by atoms with Gasteiger partial charge in [0.05, 0.1) is 5.56 Å². The summed E-state index contributed by atoms with van der Waals surface area (Å²) in [5.41, 5.74) is 3.78. The second-order valence-electron chi connectivity index (χ2n) is 6.88. The highest BCUT2D eigenvalue weighted by Gasteiger charge is 2.32. The molecule has 2 heterocycles. The molecule has 0 aliphatic carbocycles. The predicted octanol–water partition coefficient (Wildman–Crippen LogP) is 3.68. The molecule has 0 bridgehead atoms. The Morgan fingerprint density at radius 2 is 1.80 bits per heavy atom. The minimum absolute atomic E-state index is 0.185. The number of rotatable bonds is 3. The largest absolute Gasteiger partial charge is 0.337 e. The van der Waals surface area contributed by atoms with Gasteiger partial charge in [-0.1, -0.05) is 36.4 Å². The summed E-state index contributed by atoms with van der Waals surface area (Å²) in [7, 11) is 0. The van der Waals surface area contributed by atoms with Crippen molar-refractivity contribution in [3.63, 3.8) is 0 Å². The van der Waals surface area contributed by atoms with E-state index >= 15 is 0 Å². The zero-order valence-corrected chi connectivity index (χ0v) is 15.5. The maximum Gasteiger partial charge on any atom is 0.255 e. The maximum absolute atomic E-state index is 12.9. The van der Waals surface area contributed by atoms with Crippen LogP contribution in [0.2, 0.25) is 0 Å². The maximum atomic E-state index is 12.9. The van der Waals surface area contributed by atoms with Crippen molar-refractivity contribution in [3.05, 3.63) is 65.2 Å². The molecule has 4 heteroatoms. The van der Waals surface area contributed by atoms with Crippen LogP contribution in [-0.2, 0) is 13.0 Å². The van der Waals surface area contributed by atoms with Gasteiger partial charge in [-0.3, -0.25) is 9.69 Å². The van der Waals surface area contributed by atoms with E-state index in [4.69, 9.17) is 0 Å². The Morgan fingerprint density at radius 1 is 1.04 bits per heavy atom. The van der Waals surface area contributed by atoms with E-state index in [-0.39, 0.29) is 5.91 Å². The quantitative estimate of drug-likeness (QED) is 0.787. The Kier molecular flexibility index (Phi) is 4.82. The molecule has 2 aromatic rings. The number of carbonyl (C=O) groups is 1. The second-order valence-corrected chi connectivity index (χ2v) is 7.73. The lowest BCUT2D eigenvalue weighted by molar-refractivity contribution is 0.0770. The predicted molar refractivity (Wildman–Crippen MR) is 103 cm³/mol. The average molecular weight is 353 g/mol. The number of amides is 1. The Hall–Kier alpha value is -1.78. The van der Waals surface area contributed by atoms with Gasteiger partial charge in [0.2, 0.25) is 0 Å². The van der Waals surface area contributed by atoms with Gasteiger partial charge in [0.15, 0.2) is 0 Å². The molecule has 1 atom stereocenters. The Balaban J connectivity index is 1.44. The first-order chi connectivity index (χ1) is 12.3. The van der Waals surface area contributed by atoms with Gasteiger partial charge < -0.3 is 4.90 Å². The Labute approximate surface area is 154 Å². The van der Waals surface area contributed by atoms with Crippen molar-refractivity contribution in [2.24, 2.45) is 0 Å². The third-order valence-corrected chi connectivity index (χ3v) is 6.26. The fourth-order valence-corrected chi connectivity index (χ4v) is 4.64. The topological polar surface area (TPSA) is 23.6 Å². The van der Waals surface area contributed by atoms with Crippen molar-refractivity contribution in [2.75, 3.05) is 25.9 Å². The van der Waals surface area contributed by atoms with Gasteiger partial charge in [0.1, 0.15) is 0 Å². The molecule has 25 heavy (non-hydrogen) atoms. The number of nitrogens with zero attached hydrogens (tertiary/aromatic N) is 2. The monoisotopic (exact) mass is 352 g/mol. The van der Waals surface area contributed by atoms with E-state index < -0.39 is 0 Å². The van der Waals surface area contributed by atoms with Gasteiger partial charge >= 0.3 is 0 Å². The molecule has 0 spiro atoms. The van der Waals surface area contributed by atoms with Crippen LogP contribution in [0.5, 0.6) is 0 Å². The van der Waals surface area contributed by atoms with Crippen LogP contribution in [0.1, 0.15) is 27.9 Å². The van der Waals surface area contributed by atoms with E-state index in [0.717, 1.165) is 49.5 Å². The Bertz CT molecular complexity index is 776. The highest BCUT2D eigenvalue weighted by atomic mass is 32.2. The van der Waals surface area contributed by atoms with Crippen LogP contribution >= 0.6 is 11.8 Å². The third-order valence-electron chi connectivity index (χ3n) is 5.46. The molecule has 1 saturated heterocycles. The van der Waals surface area contributed by atoms with Crippen molar-refractivity contribution >= 4 is 17.7 Å². The molecule has 3 nitrogen and oxygen atoms in total. The van der Waals surface area contributed by atoms with Gasteiger partial charge in [-0.05, 0) is 42.4 Å². The standard InChI is InChI=1S/C21H24N2OS/c1-25-20-9-5-4-8-19(20)21(24)23-13-11-18(15-23)22-12-10-16-6-2-3-7-17(16)14-22/h2-9,18H,10-15H2,1H3/t18-/m1/s1. The first-order valence-electron chi connectivity index (χ1n) is 8.99. The molecule has 1 amide bonds. The molecule has 1 fully saturated rings. The van der Waals surface area contributed by atoms with Crippen LogP contribution in [-0.4, -0.2) is 47.6 Å². The minimum atomic E-state index is 0.185. The summed E-state index contributed by atoms with van der Waals surface area (Å²) in [5.74, 6) is 0.185. The lowest BCUT2D eigenvalue weighted by atomic mass is 9.98. The molecular formula is C21H24N2OS. The number of fused-ring (bicyclic) bond motifs is 1. The second kappa shape index (κ2) is 7.22. The zero-order chi connectivity index (χ0) is 17.2. The minimum Gasteiger partial charge on any atom is -0.337 e. The van der Waals surface area contributed by atoms with E-state index in [9.17, 15) is 4.79 Å². The van der Waals surface area contributed by atoms with Gasteiger partial charge in [0.25, 0.3) is 5.91 Å². The zero-order valence-electron chi connectivity index (χ0n) is 14.6. The molecular weight excluding hydrogens is 328 g/mol. The number of hydrogen-bond donors (Lipinski definition) is 0. The molecule has 0 saturated carbocycles. The third kappa shape index (κ3) is 3.33. The van der Waals surface area contributed by atoms with E-state index in [0.29, 0.717) is 6.04 Å². The van der Waals surface area contributed by atoms with E-state index in [1.54, 1.807) is 11.8 Å². The van der Waals surface area contributed by atoms with Crippen LogP contribution in [0.25, 0.3) is 0 Å². The van der Waals surface area contributed by atoms with E-state index in [1.165, 1.54) is 11.1 Å². The first-order valence-corrected chi connectivity index (χ1v) is 10.2. The summed E-state index contributed by atoms with van der Waals surface area (Å²) in [4.78, 5) is 18.6. The van der Waals surface area contributed by atoms with Crippen molar-refractivity contribution in [1.82, 2.24) is 9.80 Å². The van der Waals surface area contributed by atoms with Gasteiger partial charge in [-0.15, -0.1) is 11.8 Å². The van der Waals surface area contributed by atoms with Gasteiger partial charge in [-0.25, -0.2) is 0 Å². The SMILES string of the molecule is CSc1ccccc1C(=O)N1CC[C@@H](N2CCc3ccccc3C2)C1. The van der Waals surface area contributed by atoms with Crippen LogP contribution in [0.3, 0.4) is 0 Å². The smallest absolute Gasteiger partial charge is 0.255 e. The van der Waals surface area contributed by atoms with Crippen LogP contribution in [0.4, 0.5) is 0 Å². The lowest BCUT2D eigenvalue weighted by Crippen LogP contribution is -2.41. The van der Waals surface area contributed by atoms with E-state index in [1.807, 2.05) is 35.4 Å². The van der Waals surface area contributed by atoms with E-state index in [2.05, 4.69) is 29.2 Å². The number of hydrogen-bond acceptors (Lipinski definition) is 3. The fraction of sp³-hybridized carbons (Fsp3) is 0.381. The molecule has 0 unspecified atom stereocenters.